The summed E-state index contributed by atoms with van der Waals surface area (Å²) in [6, 6.07) is 0. The van der Waals surface area contributed by atoms with E-state index in [1.54, 1.807) is 0 Å². The number of nitrogens with two attached hydrogens (primary N) is 2. The molecule has 2 atom stereocenters. The third-order valence-electron chi connectivity index (χ3n) is 3.93. The van der Waals surface area contributed by atoms with Crippen molar-refractivity contribution in [1.29, 1.82) is 0 Å². The molecule has 0 heterocycles. The van der Waals surface area contributed by atoms with E-state index < -0.39 is 0 Å². The van der Waals surface area contributed by atoms with Crippen molar-refractivity contribution < 1.29 is 0 Å². The number of alkyl halides is 2. The number of hydrogen-bond donors (Lipinski definition) is 2. The quantitative estimate of drug-likeness (QED) is 0.598. The van der Waals surface area contributed by atoms with Crippen molar-refractivity contribution in [3.8, 4) is 0 Å². The molecule has 0 aromatic carbocycles. The van der Waals surface area contributed by atoms with Crippen LogP contribution >= 0.6 is 23.2 Å². The largest absolute Gasteiger partial charge is 0.326 e. The second-order valence-electron chi connectivity index (χ2n) is 8.01. The topological polar surface area (TPSA) is 52.0 Å². The lowest BCUT2D eigenvalue weighted by atomic mass is 9.78. The maximum atomic E-state index is 6.69. The fourth-order valence-corrected chi connectivity index (χ4v) is 2.80. The molecular formula is C16H34Cl2N2. The highest BCUT2D eigenvalue weighted by molar-refractivity contribution is 6.24. The summed E-state index contributed by atoms with van der Waals surface area (Å²) in [6.07, 6.45) is 5.27. The molecule has 20 heavy (non-hydrogen) atoms. The summed E-state index contributed by atoms with van der Waals surface area (Å²) in [4.78, 5) is -0.519. The number of halogens is 2. The van der Waals surface area contributed by atoms with Gasteiger partial charge in [0.15, 0.2) is 0 Å². The van der Waals surface area contributed by atoms with Crippen LogP contribution in [0.5, 0.6) is 0 Å². The molecule has 0 saturated heterocycles. The number of rotatable bonds is 9. The highest BCUT2D eigenvalue weighted by Gasteiger charge is 2.35. The van der Waals surface area contributed by atoms with Gasteiger partial charge in [0, 0.05) is 20.8 Å². The minimum Gasteiger partial charge on any atom is -0.326 e. The molecule has 0 saturated carbocycles. The smallest absolute Gasteiger partial charge is 0.0436 e. The van der Waals surface area contributed by atoms with Gasteiger partial charge in [0.25, 0.3) is 0 Å². The summed E-state index contributed by atoms with van der Waals surface area (Å²) in [5.74, 6) is 0. The Labute approximate surface area is 135 Å². The van der Waals surface area contributed by atoms with Crippen LogP contribution in [0, 0.1) is 0 Å². The lowest BCUT2D eigenvalue weighted by molar-refractivity contribution is 0.271. The second-order valence-corrected chi connectivity index (χ2v) is 9.95. The average Bonchev–Trinajstić information content (AvgIpc) is 2.22. The van der Waals surface area contributed by atoms with E-state index in [9.17, 15) is 0 Å². The third kappa shape index (κ3) is 10.3. The van der Waals surface area contributed by atoms with Crippen LogP contribution in [0.15, 0.2) is 0 Å². The molecule has 0 bridgehead atoms. The van der Waals surface area contributed by atoms with Crippen LogP contribution in [-0.4, -0.2) is 20.8 Å². The number of hydrogen-bond acceptors (Lipinski definition) is 2. The van der Waals surface area contributed by atoms with Gasteiger partial charge in [0.2, 0.25) is 0 Å². The molecule has 0 aromatic rings. The average molecular weight is 325 g/mol. The fraction of sp³-hybridized carbons (Fsp3) is 1.00. The molecule has 4 heteroatoms. The van der Waals surface area contributed by atoms with Gasteiger partial charge in [-0.25, -0.2) is 0 Å². The lowest BCUT2D eigenvalue weighted by Crippen LogP contribution is -2.47. The van der Waals surface area contributed by atoms with E-state index in [1.165, 1.54) is 0 Å². The van der Waals surface area contributed by atoms with E-state index >= 15 is 0 Å². The van der Waals surface area contributed by atoms with Crippen molar-refractivity contribution >= 4 is 23.2 Å². The Morgan fingerprint density at radius 1 is 0.800 bits per heavy atom. The first-order valence-electron chi connectivity index (χ1n) is 7.64. The highest BCUT2D eigenvalue weighted by atomic mass is 35.5. The molecule has 0 aliphatic rings. The summed E-state index contributed by atoms with van der Waals surface area (Å²) in [5, 5.41) is 0. The van der Waals surface area contributed by atoms with E-state index in [2.05, 4.69) is 13.8 Å². The van der Waals surface area contributed by atoms with Gasteiger partial charge in [0.05, 0.1) is 0 Å². The summed E-state index contributed by atoms with van der Waals surface area (Å²) < 4.78 is 0. The van der Waals surface area contributed by atoms with Gasteiger partial charge in [-0.15, -0.1) is 23.2 Å². The SMILES string of the molecule is CCC(N)(CCC(C)(C)N)CC(C)(Cl)CCC(C)(C)Cl. The molecule has 0 amide bonds. The van der Waals surface area contributed by atoms with Crippen molar-refractivity contribution in [2.75, 3.05) is 0 Å². The molecule has 0 aromatic heterocycles. The van der Waals surface area contributed by atoms with Gasteiger partial charge in [0.1, 0.15) is 0 Å². The second kappa shape index (κ2) is 7.17. The standard InChI is InChI=1S/C16H34Cl2N2/c1-7-16(20,11-9-14(4,5)19)12-15(6,18)10-8-13(2,3)17/h7-12,19-20H2,1-6H3. The van der Waals surface area contributed by atoms with E-state index in [-0.39, 0.29) is 20.8 Å². The van der Waals surface area contributed by atoms with Crippen LogP contribution in [0.1, 0.15) is 80.1 Å². The molecule has 0 aliphatic carbocycles. The van der Waals surface area contributed by atoms with Crippen LogP contribution in [0.3, 0.4) is 0 Å². The first-order valence-corrected chi connectivity index (χ1v) is 8.39. The zero-order valence-corrected chi connectivity index (χ0v) is 15.7. The van der Waals surface area contributed by atoms with Gasteiger partial charge < -0.3 is 11.5 Å². The molecule has 2 unspecified atom stereocenters. The summed E-state index contributed by atoms with van der Waals surface area (Å²) in [5.41, 5.74) is 12.2. The predicted octanol–water partition coefficient (Wildman–Crippen LogP) is 4.80. The first-order chi connectivity index (χ1) is 8.68. The highest BCUT2D eigenvalue weighted by Crippen LogP contribution is 2.37. The first kappa shape index (κ1) is 20.5. The summed E-state index contributed by atoms with van der Waals surface area (Å²) >= 11 is 12.9. The van der Waals surface area contributed by atoms with Crippen molar-refractivity contribution in [3.05, 3.63) is 0 Å². The Bertz CT molecular complexity index is 290. The van der Waals surface area contributed by atoms with Gasteiger partial charge in [-0.1, -0.05) is 6.92 Å². The van der Waals surface area contributed by atoms with Crippen LogP contribution in [-0.2, 0) is 0 Å². The van der Waals surface area contributed by atoms with Gasteiger partial charge >= 0.3 is 0 Å². The monoisotopic (exact) mass is 324 g/mol. The molecule has 0 fully saturated rings. The maximum absolute atomic E-state index is 6.69. The van der Waals surface area contributed by atoms with Crippen LogP contribution in [0.25, 0.3) is 0 Å². The van der Waals surface area contributed by atoms with Crippen LogP contribution in [0.4, 0.5) is 0 Å². The van der Waals surface area contributed by atoms with Crippen molar-refractivity contribution in [2.24, 2.45) is 11.5 Å². The normalized spacial score (nSPS) is 19.5. The van der Waals surface area contributed by atoms with Gasteiger partial charge in [-0.2, -0.15) is 0 Å². The zero-order valence-electron chi connectivity index (χ0n) is 14.2. The van der Waals surface area contributed by atoms with Crippen LogP contribution in [0.2, 0.25) is 0 Å². The molecule has 122 valence electrons. The summed E-state index contributed by atoms with van der Waals surface area (Å²) in [7, 11) is 0. The van der Waals surface area contributed by atoms with E-state index in [0.717, 1.165) is 38.5 Å². The van der Waals surface area contributed by atoms with Crippen molar-refractivity contribution in [3.63, 3.8) is 0 Å². The molecule has 0 aliphatic heterocycles. The summed E-state index contributed by atoms with van der Waals surface area (Å²) in [6.45, 7) is 12.3. The molecule has 0 spiro atoms. The minimum atomic E-state index is -0.310. The Kier molecular flexibility index (Phi) is 7.35. The Hall–Kier alpha value is 0.500. The van der Waals surface area contributed by atoms with Crippen molar-refractivity contribution in [1.82, 2.24) is 0 Å². The van der Waals surface area contributed by atoms with E-state index in [0.29, 0.717) is 0 Å². The van der Waals surface area contributed by atoms with Crippen molar-refractivity contribution in [2.45, 2.75) is 101 Å². The molecule has 0 rings (SSSR count). The fourth-order valence-electron chi connectivity index (χ4n) is 2.34. The van der Waals surface area contributed by atoms with Crippen LogP contribution < -0.4 is 11.5 Å². The van der Waals surface area contributed by atoms with E-state index in [4.69, 9.17) is 34.7 Å². The molecule has 2 nitrogen and oxygen atoms in total. The lowest BCUT2D eigenvalue weighted by Gasteiger charge is -2.38. The zero-order chi connectivity index (χ0) is 16.2. The molecular weight excluding hydrogens is 291 g/mol. The molecule has 4 N–H and O–H groups in total. The van der Waals surface area contributed by atoms with E-state index in [1.807, 2.05) is 27.7 Å². The predicted molar refractivity (Wildman–Crippen MR) is 92.8 cm³/mol. The Morgan fingerprint density at radius 2 is 1.30 bits per heavy atom. The van der Waals surface area contributed by atoms with Gasteiger partial charge in [-0.05, 0) is 73.1 Å². The van der Waals surface area contributed by atoms with Gasteiger partial charge in [-0.3, -0.25) is 0 Å². The molecule has 0 radical (unpaired) electrons. The maximum Gasteiger partial charge on any atom is 0.0436 e. The Morgan fingerprint density at radius 3 is 1.65 bits per heavy atom. The minimum absolute atomic E-state index is 0.180. The Balaban J connectivity index is 4.58. The third-order valence-corrected chi connectivity index (χ3v) is 4.44.